The van der Waals surface area contributed by atoms with E-state index in [9.17, 15) is 9.59 Å². The second-order valence-corrected chi connectivity index (χ2v) is 9.03. The molecule has 31 heavy (non-hydrogen) atoms. The standard InChI is InChI=1S/C22H36N6O2.HI/c1-4-26-9-11-27(12-10-26)15(2)14-25-22(23-3)24-7-8-28-20(29)18-16-5-6-17(13-16)19(18)21(28)30;/h5-6,15-19H,4,7-14H2,1-3H3,(H2,23,24,25);1H. The summed E-state index contributed by atoms with van der Waals surface area (Å²) < 4.78 is 0. The number of fused-ring (bicyclic) bond motifs is 5. The van der Waals surface area contributed by atoms with E-state index in [-0.39, 0.29) is 59.5 Å². The Bertz CT molecular complexity index is 691. The molecule has 2 saturated heterocycles. The molecule has 9 heteroatoms. The number of nitrogens with one attached hydrogen (secondary N) is 2. The van der Waals surface area contributed by atoms with E-state index in [0.717, 1.165) is 51.6 Å². The second-order valence-electron chi connectivity index (χ2n) is 9.03. The third-order valence-electron chi connectivity index (χ3n) is 7.46. The number of guanidine groups is 1. The summed E-state index contributed by atoms with van der Waals surface area (Å²) in [7, 11) is 1.75. The fraction of sp³-hybridized carbons (Fsp3) is 0.773. The lowest BCUT2D eigenvalue weighted by Crippen LogP contribution is -2.53. The number of imide groups is 1. The predicted molar refractivity (Wildman–Crippen MR) is 132 cm³/mol. The molecule has 2 amide bonds. The normalized spacial score (nSPS) is 31.7. The van der Waals surface area contributed by atoms with E-state index in [1.165, 1.54) is 4.90 Å². The molecular weight excluding hydrogens is 507 g/mol. The highest BCUT2D eigenvalue weighted by molar-refractivity contribution is 14.0. The van der Waals surface area contributed by atoms with Crippen LogP contribution in [-0.4, -0.2) is 97.9 Å². The maximum absolute atomic E-state index is 12.8. The van der Waals surface area contributed by atoms with Crippen LogP contribution in [0.4, 0.5) is 0 Å². The molecule has 2 bridgehead atoms. The van der Waals surface area contributed by atoms with Crippen LogP contribution in [0.5, 0.6) is 0 Å². The highest BCUT2D eigenvalue weighted by atomic mass is 127. The summed E-state index contributed by atoms with van der Waals surface area (Å²) in [5.41, 5.74) is 0. The zero-order valence-corrected chi connectivity index (χ0v) is 21.2. The lowest BCUT2D eigenvalue weighted by Gasteiger charge is -2.37. The van der Waals surface area contributed by atoms with Crippen LogP contribution in [0.3, 0.4) is 0 Å². The molecule has 0 radical (unpaired) electrons. The maximum Gasteiger partial charge on any atom is 0.233 e. The molecule has 174 valence electrons. The Balaban J connectivity index is 0.00000272. The SMILES string of the molecule is CCN1CCN(C(C)CNC(=NC)NCCN2C(=O)C3C4C=CC(C4)C3C2=O)CC1.I. The van der Waals surface area contributed by atoms with Gasteiger partial charge in [-0.25, -0.2) is 0 Å². The summed E-state index contributed by atoms with van der Waals surface area (Å²) in [6, 6.07) is 0.423. The van der Waals surface area contributed by atoms with Crippen molar-refractivity contribution in [1.82, 2.24) is 25.3 Å². The van der Waals surface area contributed by atoms with E-state index in [1.807, 2.05) is 0 Å². The maximum atomic E-state index is 12.8. The zero-order chi connectivity index (χ0) is 21.3. The molecule has 0 aromatic rings. The largest absolute Gasteiger partial charge is 0.355 e. The molecule has 8 nitrogen and oxygen atoms in total. The Hall–Kier alpha value is -1.20. The molecule has 0 spiro atoms. The van der Waals surface area contributed by atoms with Gasteiger partial charge in [0.1, 0.15) is 0 Å². The van der Waals surface area contributed by atoms with Gasteiger partial charge in [-0.3, -0.25) is 24.4 Å². The fourth-order valence-corrected chi connectivity index (χ4v) is 5.59. The molecule has 2 heterocycles. The van der Waals surface area contributed by atoms with Crippen molar-refractivity contribution < 1.29 is 9.59 Å². The molecule has 5 unspecified atom stereocenters. The van der Waals surface area contributed by atoms with Crippen molar-refractivity contribution in [3.05, 3.63) is 12.2 Å². The van der Waals surface area contributed by atoms with Gasteiger partial charge < -0.3 is 15.5 Å². The number of rotatable bonds is 7. The number of amides is 2. The van der Waals surface area contributed by atoms with E-state index in [1.54, 1.807) is 7.05 Å². The molecule has 3 fully saturated rings. The van der Waals surface area contributed by atoms with Crippen LogP contribution in [0.25, 0.3) is 0 Å². The molecule has 0 aromatic heterocycles. The number of piperazine rings is 1. The van der Waals surface area contributed by atoms with Gasteiger partial charge in [-0.05, 0) is 31.7 Å². The summed E-state index contributed by atoms with van der Waals surface area (Å²) in [5, 5.41) is 6.65. The Morgan fingerprint density at radius 1 is 1.10 bits per heavy atom. The van der Waals surface area contributed by atoms with Crippen LogP contribution < -0.4 is 10.6 Å². The third kappa shape index (κ3) is 4.93. The Labute approximate surface area is 202 Å². The van der Waals surface area contributed by atoms with E-state index < -0.39 is 0 Å². The number of likely N-dealkylation sites (N-methyl/N-ethyl adjacent to an activating group) is 1. The molecule has 2 N–H and O–H groups in total. The Morgan fingerprint density at radius 3 is 2.26 bits per heavy atom. The molecule has 2 aliphatic carbocycles. The van der Waals surface area contributed by atoms with Crippen molar-refractivity contribution in [1.29, 1.82) is 0 Å². The van der Waals surface area contributed by atoms with Crippen molar-refractivity contribution in [2.45, 2.75) is 26.3 Å². The molecular formula is C22H37IN6O2. The lowest BCUT2D eigenvalue weighted by molar-refractivity contribution is -0.140. The number of aliphatic imine (C=N–C) groups is 1. The predicted octanol–water partition coefficient (Wildman–Crippen LogP) is 0.603. The molecule has 2 aliphatic heterocycles. The van der Waals surface area contributed by atoms with Crippen LogP contribution >= 0.6 is 24.0 Å². The summed E-state index contributed by atoms with van der Waals surface area (Å²) in [4.78, 5) is 36.3. The first-order valence-corrected chi connectivity index (χ1v) is 11.5. The number of carbonyl (C=O) groups excluding carboxylic acids is 2. The third-order valence-corrected chi connectivity index (χ3v) is 7.46. The van der Waals surface area contributed by atoms with Crippen LogP contribution in [0.1, 0.15) is 20.3 Å². The van der Waals surface area contributed by atoms with Crippen molar-refractivity contribution >= 4 is 41.8 Å². The van der Waals surface area contributed by atoms with Gasteiger partial charge in [0.25, 0.3) is 0 Å². The minimum atomic E-state index is -0.112. The number of carbonyl (C=O) groups is 2. The minimum Gasteiger partial charge on any atom is -0.355 e. The van der Waals surface area contributed by atoms with Crippen LogP contribution in [0, 0.1) is 23.7 Å². The molecule has 5 atom stereocenters. The quantitative estimate of drug-likeness (QED) is 0.161. The molecule has 0 aromatic carbocycles. The van der Waals surface area contributed by atoms with E-state index in [4.69, 9.17) is 0 Å². The van der Waals surface area contributed by atoms with E-state index >= 15 is 0 Å². The topological polar surface area (TPSA) is 80.3 Å². The van der Waals surface area contributed by atoms with Crippen molar-refractivity contribution in [3.8, 4) is 0 Å². The van der Waals surface area contributed by atoms with Gasteiger partial charge in [0.15, 0.2) is 5.96 Å². The second kappa shape index (κ2) is 10.6. The van der Waals surface area contributed by atoms with Gasteiger partial charge in [0.05, 0.1) is 11.8 Å². The summed E-state index contributed by atoms with van der Waals surface area (Å²) in [5.74, 6) is 1.07. The van der Waals surface area contributed by atoms with E-state index in [2.05, 4.69) is 51.4 Å². The fourth-order valence-electron chi connectivity index (χ4n) is 5.59. The van der Waals surface area contributed by atoms with Gasteiger partial charge in [0, 0.05) is 58.9 Å². The van der Waals surface area contributed by atoms with E-state index in [0.29, 0.717) is 19.1 Å². The monoisotopic (exact) mass is 544 g/mol. The van der Waals surface area contributed by atoms with Gasteiger partial charge in [-0.1, -0.05) is 19.1 Å². The smallest absolute Gasteiger partial charge is 0.233 e. The average molecular weight is 544 g/mol. The van der Waals surface area contributed by atoms with Crippen LogP contribution in [-0.2, 0) is 9.59 Å². The van der Waals surface area contributed by atoms with Gasteiger partial charge in [0.2, 0.25) is 11.8 Å². The highest BCUT2D eigenvalue weighted by Gasteiger charge is 2.58. The molecule has 4 aliphatic rings. The summed E-state index contributed by atoms with van der Waals surface area (Å²) in [6.45, 7) is 11.8. The zero-order valence-electron chi connectivity index (χ0n) is 18.9. The van der Waals surface area contributed by atoms with Crippen molar-refractivity contribution in [2.24, 2.45) is 28.7 Å². The van der Waals surface area contributed by atoms with Crippen LogP contribution in [0.2, 0.25) is 0 Å². The van der Waals surface area contributed by atoms with Gasteiger partial charge >= 0.3 is 0 Å². The lowest BCUT2D eigenvalue weighted by atomic mass is 9.85. The number of hydrogen-bond acceptors (Lipinski definition) is 5. The molecule has 4 rings (SSSR count). The average Bonchev–Trinajstić information content (AvgIpc) is 3.45. The van der Waals surface area contributed by atoms with Crippen molar-refractivity contribution in [3.63, 3.8) is 0 Å². The van der Waals surface area contributed by atoms with Gasteiger partial charge in [-0.2, -0.15) is 0 Å². The van der Waals surface area contributed by atoms with Crippen molar-refractivity contribution in [2.75, 3.05) is 59.4 Å². The minimum absolute atomic E-state index is 0. The summed E-state index contributed by atoms with van der Waals surface area (Å²) >= 11 is 0. The first-order chi connectivity index (χ1) is 14.5. The molecule has 1 saturated carbocycles. The first kappa shape index (κ1) is 24.4. The number of allylic oxidation sites excluding steroid dienone is 2. The number of halogens is 1. The Kier molecular flexibility index (Phi) is 8.37. The highest BCUT2D eigenvalue weighted by Crippen LogP contribution is 2.52. The number of hydrogen-bond donors (Lipinski definition) is 2. The number of nitrogens with zero attached hydrogens (tertiary/aromatic N) is 4. The van der Waals surface area contributed by atoms with Crippen LogP contribution in [0.15, 0.2) is 17.1 Å². The Morgan fingerprint density at radius 2 is 1.71 bits per heavy atom. The number of likely N-dealkylation sites (tertiary alicyclic amines) is 1. The first-order valence-electron chi connectivity index (χ1n) is 11.5. The van der Waals surface area contributed by atoms with Gasteiger partial charge in [-0.15, -0.1) is 24.0 Å². The summed E-state index contributed by atoms with van der Waals surface area (Å²) in [6.07, 6.45) is 5.24.